The Morgan fingerprint density at radius 1 is 1.11 bits per heavy atom. The van der Waals surface area contributed by atoms with E-state index in [-0.39, 0.29) is 11.7 Å². The molecule has 4 aromatic rings. The van der Waals surface area contributed by atoms with Crippen molar-refractivity contribution in [1.29, 1.82) is 0 Å². The molecule has 0 bridgehead atoms. The number of carbonyl (C=O) groups excluding carboxylic acids is 1. The molecule has 0 aliphatic rings. The highest BCUT2D eigenvalue weighted by molar-refractivity contribution is 9.10. The van der Waals surface area contributed by atoms with Gasteiger partial charge < -0.3 is 14.3 Å². The Morgan fingerprint density at radius 3 is 2.70 bits per heavy atom. The van der Waals surface area contributed by atoms with Gasteiger partial charge >= 0.3 is 0 Å². The lowest BCUT2D eigenvalue weighted by atomic mass is 10.1. The maximum Gasteiger partial charge on any atom is 0.291 e. The van der Waals surface area contributed by atoms with Crippen molar-refractivity contribution < 1.29 is 13.7 Å². The van der Waals surface area contributed by atoms with Crippen LogP contribution in [-0.2, 0) is 0 Å². The summed E-state index contributed by atoms with van der Waals surface area (Å²) in [6.45, 7) is 1.90. The molecule has 0 atom stereocenters. The molecule has 0 spiro atoms. The highest BCUT2D eigenvalue weighted by atomic mass is 79.9. The van der Waals surface area contributed by atoms with E-state index in [4.69, 9.17) is 8.94 Å². The van der Waals surface area contributed by atoms with Crippen LogP contribution in [-0.4, -0.2) is 21.0 Å². The Morgan fingerprint density at radius 2 is 1.96 bits per heavy atom. The quantitative estimate of drug-likeness (QED) is 0.509. The van der Waals surface area contributed by atoms with Crippen LogP contribution in [0.3, 0.4) is 0 Å². The molecule has 0 saturated carbocycles. The molecule has 0 aliphatic heterocycles. The number of aryl methyl sites for hydroxylation is 1. The molecule has 0 radical (unpaired) electrons. The smallest absolute Gasteiger partial charge is 0.291 e. The maximum absolute atomic E-state index is 12.4. The number of para-hydroxylation sites is 1. The van der Waals surface area contributed by atoms with E-state index in [0.29, 0.717) is 27.6 Å². The van der Waals surface area contributed by atoms with Crippen LogP contribution in [0.5, 0.6) is 0 Å². The Labute approximate surface area is 162 Å². The highest BCUT2D eigenvalue weighted by Crippen LogP contribution is 2.29. The summed E-state index contributed by atoms with van der Waals surface area (Å²) in [6.07, 6.45) is 1.69. The van der Waals surface area contributed by atoms with Gasteiger partial charge in [0.05, 0.1) is 11.3 Å². The summed E-state index contributed by atoms with van der Waals surface area (Å²) in [4.78, 5) is 21.0. The summed E-state index contributed by atoms with van der Waals surface area (Å²) in [5.41, 5.74) is 2.79. The van der Waals surface area contributed by atoms with Crippen molar-refractivity contribution in [2.75, 3.05) is 5.32 Å². The predicted octanol–water partition coefficient (Wildman–Crippen LogP) is 4.71. The predicted molar refractivity (Wildman–Crippen MR) is 102 cm³/mol. The first kappa shape index (κ1) is 17.2. The fraction of sp³-hybridized carbons (Fsp3) is 0.0526. The van der Waals surface area contributed by atoms with Crippen LogP contribution in [0.4, 0.5) is 5.69 Å². The lowest BCUT2D eigenvalue weighted by Gasteiger charge is -2.06. The maximum atomic E-state index is 12.4. The number of amides is 1. The lowest BCUT2D eigenvalue weighted by molar-refractivity contribution is 0.0995. The third kappa shape index (κ3) is 3.65. The summed E-state index contributed by atoms with van der Waals surface area (Å²) in [7, 11) is 0. The van der Waals surface area contributed by atoms with Crippen molar-refractivity contribution in [1.82, 2.24) is 15.1 Å². The second-order valence-corrected chi connectivity index (χ2v) is 6.50. The van der Waals surface area contributed by atoms with E-state index in [0.717, 1.165) is 11.3 Å². The Bertz CT molecular complexity index is 1100. The molecule has 0 fully saturated rings. The van der Waals surface area contributed by atoms with Crippen LogP contribution in [0.25, 0.3) is 22.8 Å². The van der Waals surface area contributed by atoms with Crippen LogP contribution in [0.2, 0.25) is 0 Å². The number of nitrogens with one attached hydrogen (secondary N) is 1. The van der Waals surface area contributed by atoms with Crippen LogP contribution < -0.4 is 5.32 Å². The summed E-state index contributed by atoms with van der Waals surface area (Å²) >= 11 is 3.18. The molecule has 8 heteroatoms. The van der Waals surface area contributed by atoms with Crippen molar-refractivity contribution in [3.63, 3.8) is 0 Å². The molecule has 134 valence electrons. The first-order valence-corrected chi connectivity index (χ1v) is 8.82. The molecule has 27 heavy (non-hydrogen) atoms. The standard InChI is InChI=1S/C19H13BrN4O3/c1-11-6-7-12(10-21-11)17-23-19(27-24-17)13-4-2-3-5-14(13)22-18(25)15-8-9-16(20)26-15/h2-10H,1H3,(H,22,25). The number of hydrogen-bond acceptors (Lipinski definition) is 6. The van der Waals surface area contributed by atoms with Gasteiger partial charge in [0.25, 0.3) is 11.8 Å². The third-order valence-electron chi connectivity index (χ3n) is 3.80. The Kier molecular flexibility index (Phi) is 4.55. The molecular weight excluding hydrogens is 412 g/mol. The van der Waals surface area contributed by atoms with Gasteiger partial charge in [0, 0.05) is 17.5 Å². The number of furan rings is 1. The van der Waals surface area contributed by atoms with Crippen molar-refractivity contribution in [2.45, 2.75) is 6.92 Å². The van der Waals surface area contributed by atoms with Gasteiger partial charge in [-0.3, -0.25) is 9.78 Å². The zero-order valence-electron chi connectivity index (χ0n) is 14.1. The van der Waals surface area contributed by atoms with Crippen LogP contribution in [0.15, 0.2) is 68.3 Å². The number of carbonyl (C=O) groups is 1. The topological polar surface area (TPSA) is 94.1 Å². The van der Waals surface area contributed by atoms with Gasteiger partial charge in [0.1, 0.15) is 0 Å². The third-order valence-corrected chi connectivity index (χ3v) is 4.22. The minimum atomic E-state index is -0.379. The van der Waals surface area contributed by atoms with E-state index in [2.05, 4.69) is 36.4 Å². The average molecular weight is 425 g/mol. The number of anilines is 1. The summed E-state index contributed by atoms with van der Waals surface area (Å²) in [5.74, 6) is 0.528. The number of pyridine rings is 1. The monoisotopic (exact) mass is 424 g/mol. The molecule has 1 aromatic carbocycles. The molecule has 0 saturated heterocycles. The van der Waals surface area contributed by atoms with Gasteiger partial charge in [-0.2, -0.15) is 4.98 Å². The number of halogens is 1. The molecule has 4 rings (SSSR count). The van der Waals surface area contributed by atoms with Crippen molar-refractivity contribution in [2.24, 2.45) is 0 Å². The highest BCUT2D eigenvalue weighted by Gasteiger charge is 2.17. The van der Waals surface area contributed by atoms with E-state index in [1.807, 2.05) is 25.1 Å². The van der Waals surface area contributed by atoms with Crippen molar-refractivity contribution in [3.05, 3.63) is 70.9 Å². The van der Waals surface area contributed by atoms with E-state index in [1.165, 1.54) is 0 Å². The number of aromatic nitrogens is 3. The fourth-order valence-electron chi connectivity index (χ4n) is 2.45. The van der Waals surface area contributed by atoms with Crippen LogP contribution in [0.1, 0.15) is 16.2 Å². The Balaban J connectivity index is 1.63. The van der Waals surface area contributed by atoms with Crippen LogP contribution >= 0.6 is 15.9 Å². The van der Waals surface area contributed by atoms with E-state index >= 15 is 0 Å². The molecule has 3 aromatic heterocycles. The second kappa shape index (κ2) is 7.16. The lowest BCUT2D eigenvalue weighted by Crippen LogP contribution is -2.11. The largest absolute Gasteiger partial charge is 0.444 e. The van der Waals surface area contributed by atoms with Gasteiger partial charge in [-0.1, -0.05) is 17.3 Å². The molecule has 1 amide bonds. The first-order chi connectivity index (χ1) is 13.1. The molecule has 1 N–H and O–H groups in total. The van der Waals surface area contributed by atoms with E-state index in [1.54, 1.807) is 36.5 Å². The zero-order valence-corrected chi connectivity index (χ0v) is 15.7. The second-order valence-electron chi connectivity index (χ2n) is 5.71. The van der Waals surface area contributed by atoms with E-state index in [9.17, 15) is 4.79 Å². The molecule has 3 heterocycles. The van der Waals surface area contributed by atoms with Gasteiger partial charge in [-0.25, -0.2) is 0 Å². The molecule has 0 unspecified atom stereocenters. The Hall–Kier alpha value is -3.26. The van der Waals surface area contributed by atoms with Gasteiger partial charge in [-0.05, 0) is 59.3 Å². The minimum Gasteiger partial charge on any atom is -0.444 e. The minimum absolute atomic E-state index is 0.189. The number of hydrogen-bond donors (Lipinski definition) is 1. The number of rotatable bonds is 4. The number of nitrogens with zero attached hydrogens (tertiary/aromatic N) is 3. The summed E-state index contributed by atoms with van der Waals surface area (Å²) in [6, 6.07) is 14.2. The van der Waals surface area contributed by atoms with Crippen LogP contribution in [0, 0.1) is 6.92 Å². The zero-order chi connectivity index (χ0) is 18.8. The normalized spacial score (nSPS) is 10.7. The average Bonchev–Trinajstić information content (AvgIpc) is 3.32. The van der Waals surface area contributed by atoms with Gasteiger partial charge in [0.15, 0.2) is 10.4 Å². The number of benzene rings is 1. The fourth-order valence-corrected chi connectivity index (χ4v) is 2.76. The summed E-state index contributed by atoms with van der Waals surface area (Å²) in [5, 5.41) is 6.81. The molecular formula is C19H13BrN4O3. The van der Waals surface area contributed by atoms with Gasteiger partial charge in [0.2, 0.25) is 5.82 Å². The van der Waals surface area contributed by atoms with E-state index < -0.39 is 0 Å². The van der Waals surface area contributed by atoms with Crippen molar-refractivity contribution >= 4 is 27.5 Å². The van der Waals surface area contributed by atoms with Crippen molar-refractivity contribution in [3.8, 4) is 22.8 Å². The molecule has 0 aliphatic carbocycles. The first-order valence-electron chi connectivity index (χ1n) is 8.03. The SMILES string of the molecule is Cc1ccc(-c2noc(-c3ccccc3NC(=O)c3ccc(Br)o3)n2)cn1. The summed E-state index contributed by atoms with van der Waals surface area (Å²) < 4.78 is 11.2. The molecule has 7 nitrogen and oxygen atoms in total. The van der Waals surface area contributed by atoms with Gasteiger partial charge in [-0.15, -0.1) is 0 Å².